The summed E-state index contributed by atoms with van der Waals surface area (Å²) in [6, 6.07) is 13.0. The zero-order valence-corrected chi connectivity index (χ0v) is 18.5. The van der Waals surface area contributed by atoms with Gasteiger partial charge in [0.1, 0.15) is 0 Å². The number of para-hydroxylation sites is 1. The third-order valence-corrected chi connectivity index (χ3v) is 5.56. The van der Waals surface area contributed by atoms with E-state index in [2.05, 4.69) is 32.8 Å². The van der Waals surface area contributed by atoms with Crippen molar-refractivity contribution in [3.63, 3.8) is 0 Å². The lowest BCUT2D eigenvalue weighted by Crippen LogP contribution is -2.48. The van der Waals surface area contributed by atoms with E-state index in [4.69, 9.17) is 11.6 Å². The van der Waals surface area contributed by atoms with Crippen LogP contribution in [0.3, 0.4) is 0 Å². The van der Waals surface area contributed by atoms with E-state index in [-0.39, 0.29) is 22.9 Å². The van der Waals surface area contributed by atoms with Gasteiger partial charge in [-0.1, -0.05) is 29.8 Å². The van der Waals surface area contributed by atoms with Crippen LogP contribution >= 0.6 is 11.6 Å². The van der Waals surface area contributed by atoms with Gasteiger partial charge in [0, 0.05) is 55.9 Å². The van der Waals surface area contributed by atoms with Crippen molar-refractivity contribution in [1.82, 2.24) is 15.8 Å². The van der Waals surface area contributed by atoms with E-state index in [1.807, 2.05) is 18.2 Å². The highest BCUT2D eigenvalue weighted by molar-refractivity contribution is 6.32. The van der Waals surface area contributed by atoms with Crippen LogP contribution in [-0.4, -0.2) is 49.4 Å². The molecule has 176 valence electrons. The first-order valence-corrected chi connectivity index (χ1v) is 10.8. The average Bonchev–Trinajstić information content (AvgIpc) is 2.81. The fourth-order valence-electron chi connectivity index (χ4n) is 3.38. The first kappa shape index (κ1) is 24.6. The number of carbonyl (C=O) groups excluding carboxylic acids is 2. The Bertz CT molecular complexity index is 991. The minimum Gasteiger partial charge on any atom is -0.369 e. The minimum absolute atomic E-state index is 0.0441. The van der Waals surface area contributed by atoms with Gasteiger partial charge in [0.25, 0.3) is 5.91 Å². The van der Waals surface area contributed by atoms with Crippen molar-refractivity contribution in [3.8, 4) is 0 Å². The van der Waals surface area contributed by atoms with Crippen LogP contribution < -0.4 is 15.8 Å². The zero-order chi connectivity index (χ0) is 23.8. The lowest BCUT2D eigenvalue weighted by Gasteiger charge is -2.36. The summed E-state index contributed by atoms with van der Waals surface area (Å²) in [4.78, 5) is 28.4. The Balaban J connectivity index is 1.38. The fraction of sp³-hybridized carbons (Fsp3) is 0.304. The molecule has 2 amide bonds. The van der Waals surface area contributed by atoms with E-state index in [9.17, 15) is 22.8 Å². The molecule has 1 fully saturated rings. The maximum absolute atomic E-state index is 12.8. The molecule has 0 spiro atoms. The standard InChI is InChI=1S/C23H24ClF3N4O2/c24-20-8-7-18(23(25,26)27)16-17(20)6-9-21(32)28-29-22(33)10-11-30-12-14-31(15-13-30)19-4-2-1-3-5-19/h1-9,16H,10-15H2,(H,28,32)(H,29,33)/b9-6+. The van der Waals surface area contributed by atoms with Crippen LogP contribution in [0.15, 0.2) is 54.6 Å². The van der Waals surface area contributed by atoms with Gasteiger partial charge in [-0.15, -0.1) is 0 Å². The number of alkyl halides is 3. The first-order chi connectivity index (χ1) is 15.7. The fourth-order valence-corrected chi connectivity index (χ4v) is 3.56. The number of halogens is 4. The van der Waals surface area contributed by atoms with Crippen molar-refractivity contribution in [2.75, 3.05) is 37.6 Å². The van der Waals surface area contributed by atoms with Gasteiger partial charge in [-0.2, -0.15) is 13.2 Å². The van der Waals surface area contributed by atoms with E-state index in [1.165, 1.54) is 5.69 Å². The molecule has 6 nitrogen and oxygen atoms in total. The predicted molar refractivity (Wildman–Crippen MR) is 121 cm³/mol. The summed E-state index contributed by atoms with van der Waals surface area (Å²) in [5, 5.41) is 0.0726. The quantitative estimate of drug-likeness (QED) is 0.488. The van der Waals surface area contributed by atoms with Crippen molar-refractivity contribution in [2.45, 2.75) is 12.6 Å². The third-order valence-electron chi connectivity index (χ3n) is 5.21. The van der Waals surface area contributed by atoms with Gasteiger partial charge >= 0.3 is 6.18 Å². The summed E-state index contributed by atoms with van der Waals surface area (Å²) in [5.41, 5.74) is 4.87. The van der Waals surface area contributed by atoms with Crippen LogP contribution in [0.1, 0.15) is 17.5 Å². The summed E-state index contributed by atoms with van der Waals surface area (Å²) in [6.07, 6.45) is -2.15. The highest BCUT2D eigenvalue weighted by atomic mass is 35.5. The molecule has 0 unspecified atom stereocenters. The summed E-state index contributed by atoms with van der Waals surface area (Å²) in [6.45, 7) is 3.95. The normalized spacial score (nSPS) is 15.0. The Labute approximate surface area is 195 Å². The van der Waals surface area contributed by atoms with Gasteiger partial charge in [-0.25, -0.2) is 0 Å². The molecular formula is C23H24ClF3N4O2. The number of nitrogens with zero attached hydrogens (tertiary/aromatic N) is 2. The van der Waals surface area contributed by atoms with E-state index in [0.717, 1.165) is 56.5 Å². The molecule has 3 rings (SSSR count). The summed E-state index contributed by atoms with van der Waals surface area (Å²) < 4.78 is 38.4. The zero-order valence-electron chi connectivity index (χ0n) is 17.7. The molecule has 33 heavy (non-hydrogen) atoms. The van der Waals surface area contributed by atoms with Crippen LogP contribution in [0, 0.1) is 0 Å². The number of rotatable bonds is 6. The molecule has 0 atom stereocenters. The number of hydrogen-bond donors (Lipinski definition) is 2. The van der Waals surface area contributed by atoms with E-state index < -0.39 is 17.6 Å². The lowest BCUT2D eigenvalue weighted by molar-refractivity contribution is -0.137. The smallest absolute Gasteiger partial charge is 0.369 e. The van der Waals surface area contributed by atoms with Crippen molar-refractivity contribution in [3.05, 3.63) is 70.8 Å². The van der Waals surface area contributed by atoms with Crippen molar-refractivity contribution in [2.24, 2.45) is 0 Å². The molecule has 1 aliphatic heterocycles. The number of nitrogens with one attached hydrogen (secondary N) is 2. The van der Waals surface area contributed by atoms with E-state index in [0.29, 0.717) is 6.54 Å². The number of hydrogen-bond acceptors (Lipinski definition) is 4. The van der Waals surface area contributed by atoms with Crippen LogP contribution in [0.25, 0.3) is 6.08 Å². The van der Waals surface area contributed by atoms with Crippen LogP contribution in [0.4, 0.5) is 18.9 Å². The van der Waals surface area contributed by atoms with Gasteiger partial charge in [0.05, 0.1) is 5.56 Å². The van der Waals surface area contributed by atoms with Crippen LogP contribution in [-0.2, 0) is 15.8 Å². The monoisotopic (exact) mass is 480 g/mol. The third kappa shape index (κ3) is 7.50. The van der Waals surface area contributed by atoms with Crippen molar-refractivity contribution < 1.29 is 22.8 Å². The topological polar surface area (TPSA) is 64.7 Å². The molecule has 2 N–H and O–H groups in total. The van der Waals surface area contributed by atoms with Gasteiger partial charge in [-0.05, 0) is 42.0 Å². The molecule has 1 saturated heterocycles. The van der Waals surface area contributed by atoms with Crippen molar-refractivity contribution >= 4 is 35.2 Å². The molecule has 1 heterocycles. The average molecular weight is 481 g/mol. The SMILES string of the molecule is O=C(/C=C/c1cc(C(F)(F)F)ccc1Cl)NNC(=O)CCN1CCN(c2ccccc2)CC1. The predicted octanol–water partition coefficient (Wildman–Crippen LogP) is 3.73. The van der Waals surface area contributed by atoms with E-state index >= 15 is 0 Å². The Kier molecular flexibility index (Phi) is 8.35. The summed E-state index contributed by atoms with van der Waals surface area (Å²) in [5.74, 6) is -1.05. The molecule has 0 aliphatic carbocycles. The second kappa shape index (κ2) is 11.2. The second-order valence-corrected chi connectivity index (χ2v) is 7.93. The van der Waals surface area contributed by atoms with E-state index in [1.54, 1.807) is 0 Å². The first-order valence-electron chi connectivity index (χ1n) is 10.4. The number of hydrazine groups is 1. The highest BCUT2D eigenvalue weighted by Gasteiger charge is 2.30. The molecule has 2 aromatic carbocycles. The molecule has 10 heteroatoms. The number of piperazine rings is 1. The molecular weight excluding hydrogens is 457 g/mol. The van der Waals surface area contributed by atoms with Gasteiger partial charge in [-0.3, -0.25) is 25.3 Å². The molecule has 1 aliphatic rings. The Hall–Kier alpha value is -3.04. The number of amides is 2. The Morgan fingerprint density at radius 1 is 1.00 bits per heavy atom. The van der Waals surface area contributed by atoms with Crippen molar-refractivity contribution in [1.29, 1.82) is 0 Å². The Morgan fingerprint density at radius 2 is 1.70 bits per heavy atom. The minimum atomic E-state index is -4.52. The van der Waals surface area contributed by atoms with Crippen LogP contribution in [0.2, 0.25) is 5.02 Å². The maximum Gasteiger partial charge on any atom is 0.416 e. The summed E-state index contributed by atoms with van der Waals surface area (Å²) >= 11 is 5.89. The number of carbonyl (C=O) groups is 2. The summed E-state index contributed by atoms with van der Waals surface area (Å²) in [7, 11) is 0. The highest BCUT2D eigenvalue weighted by Crippen LogP contribution is 2.32. The number of anilines is 1. The van der Waals surface area contributed by atoms with Gasteiger partial charge in [0.2, 0.25) is 5.91 Å². The van der Waals surface area contributed by atoms with Crippen LogP contribution in [0.5, 0.6) is 0 Å². The lowest BCUT2D eigenvalue weighted by atomic mass is 10.1. The second-order valence-electron chi connectivity index (χ2n) is 7.52. The largest absolute Gasteiger partial charge is 0.416 e. The van der Waals surface area contributed by atoms with Gasteiger partial charge < -0.3 is 4.90 Å². The molecule has 2 aromatic rings. The Morgan fingerprint density at radius 3 is 2.36 bits per heavy atom. The molecule has 0 radical (unpaired) electrons. The molecule has 0 aromatic heterocycles. The maximum atomic E-state index is 12.8. The number of benzene rings is 2. The van der Waals surface area contributed by atoms with Gasteiger partial charge in [0.15, 0.2) is 0 Å². The molecule has 0 saturated carbocycles. The molecule has 0 bridgehead atoms.